The van der Waals surface area contributed by atoms with Gasteiger partial charge in [0.05, 0.1) is 11.3 Å². The van der Waals surface area contributed by atoms with Gasteiger partial charge in [-0.3, -0.25) is 14.4 Å². The Morgan fingerprint density at radius 1 is 0.806 bits per heavy atom. The van der Waals surface area contributed by atoms with Crippen LogP contribution in [0.3, 0.4) is 0 Å². The average molecular weight is 415 g/mol. The van der Waals surface area contributed by atoms with Crippen molar-refractivity contribution in [1.82, 2.24) is 0 Å². The largest absolute Gasteiger partial charge is 0.453 e. The number of nitrogens with one attached hydrogen (secondary N) is 1. The highest BCUT2D eigenvalue weighted by Crippen LogP contribution is 2.31. The summed E-state index contributed by atoms with van der Waals surface area (Å²) in [5.74, 6) is -2.37. The Morgan fingerprint density at radius 2 is 1.42 bits per heavy atom. The summed E-state index contributed by atoms with van der Waals surface area (Å²) in [6.07, 6.45) is -1.52. The molecule has 0 unspecified atom stereocenters. The highest BCUT2D eigenvalue weighted by atomic mass is 16.5. The number of esters is 1. The molecule has 1 atom stereocenters. The molecule has 31 heavy (non-hydrogen) atoms. The van der Waals surface area contributed by atoms with Gasteiger partial charge in [-0.15, -0.1) is 0 Å². The van der Waals surface area contributed by atoms with E-state index in [-0.39, 0.29) is 33.9 Å². The Morgan fingerprint density at radius 3 is 2.13 bits per heavy atom. The summed E-state index contributed by atoms with van der Waals surface area (Å²) in [6, 6.07) is 19.2. The Balaban J connectivity index is 1.48. The van der Waals surface area contributed by atoms with Crippen LogP contribution in [0.4, 0.5) is 5.69 Å². The maximum Gasteiger partial charge on any atom is 0.340 e. The molecule has 0 bridgehead atoms. The van der Waals surface area contributed by atoms with Crippen molar-refractivity contribution in [1.29, 1.82) is 0 Å². The SMILES string of the molecule is O=C(COC(=O)[C@H](O)c1ccccc1)Nc1cccc2c1C(=O)c1ccccc1C2=O. The van der Waals surface area contributed by atoms with Crippen LogP contribution in [-0.2, 0) is 14.3 Å². The molecular weight excluding hydrogens is 398 g/mol. The highest BCUT2D eigenvalue weighted by Gasteiger charge is 2.31. The summed E-state index contributed by atoms with van der Waals surface area (Å²) in [6.45, 7) is -0.662. The zero-order valence-corrected chi connectivity index (χ0v) is 16.2. The van der Waals surface area contributed by atoms with Crippen LogP contribution in [0, 0.1) is 0 Å². The van der Waals surface area contributed by atoms with Crippen molar-refractivity contribution in [2.24, 2.45) is 0 Å². The molecule has 1 aliphatic rings. The van der Waals surface area contributed by atoms with Crippen LogP contribution >= 0.6 is 0 Å². The molecule has 0 radical (unpaired) electrons. The summed E-state index contributed by atoms with van der Waals surface area (Å²) in [5.41, 5.74) is 1.35. The number of hydrogen-bond acceptors (Lipinski definition) is 6. The third-order valence-electron chi connectivity index (χ3n) is 4.91. The van der Waals surface area contributed by atoms with Crippen LogP contribution < -0.4 is 5.32 Å². The maximum atomic E-state index is 12.9. The molecule has 0 saturated heterocycles. The van der Waals surface area contributed by atoms with Gasteiger partial charge in [0, 0.05) is 16.7 Å². The first-order chi connectivity index (χ1) is 15.0. The van der Waals surface area contributed by atoms with E-state index < -0.39 is 24.6 Å². The number of aliphatic hydroxyl groups excluding tert-OH is 1. The Hall–Kier alpha value is -4.10. The van der Waals surface area contributed by atoms with Gasteiger partial charge in [-0.05, 0) is 11.6 Å². The van der Waals surface area contributed by atoms with Gasteiger partial charge >= 0.3 is 5.97 Å². The Labute approximate surface area is 177 Å². The van der Waals surface area contributed by atoms with Crippen molar-refractivity contribution in [2.45, 2.75) is 6.10 Å². The molecule has 4 rings (SSSR count). The second-order valence-corrected chi connectivity index (χ2v) is 6.90. The molecule has 0 fully saturated rings. The number of benzene rings is 3. The number of fused-ring (bicyclic) bond motifs is 2. The van der Waals surface area contributed by atoms with E-state index in [0.29, 0.717) is 11.1 Å². The summed E-state index contributed by atoms with van der Waals surface area (Å²) in [4.78, 5) is 50.0. The second kappa shape index (κ2) is 8.33. The number of hydrogen-bond donors (Lipinski definition) is 2. The molecule has 0 aliphatic heterocycles. The van der Waals surface area contributed by atoms with E-state index in [0.717, 1.165) is 0 Å². The molecule has 3 aromatic carbocycles. The van der Waals surface area contributed by atoms with Crippen molar-refractivity contribution in [3.05, 3.63) is 101 Å². The van der Waals surface area contributed by atoms with Gasteiger partial charge in [0.25, 0.3) is 5.91 Å². The van der Waals surface area contributed by atoms with Gasteiger partial charge in [-0.1, -0.05) is 66.7 Å². The molecule has 7 heteroatoms. The molecule has 1 aliphatic carbocycles. The molecule has 0 saturated carbocycles. The van der Waals surface area contributed by atoms with E-state index in [1.54, 1.807) is 60.7 Å². The smallest absolute Gasteiger partial charge is 0.340 e. The van der Waals surface area contributed by atoms with Crippen LogP contribution in [0.1, 0.15) is 43.5 Å². The summed E-state index contributed by atoms with van der Waals surface area (Å²) in [7, 11) is 0. The fourth-order valence-corrected chi connectivity index (χ4v) is 3.42. The van der Waals surface area contributed by atoms with Gasteiger partial charge in [0.2, 0.25) is 0 Å². The zero-order valence-electron chi connectivity index (χ0n) is 16.2. The second-order valence-electron chi connectivity index (χ2n) is 6.90. The monoisotopic (exact) mass is 415 g/mol. The number of ketones is 2. The average Bonchev–Trinajstić information content (AvgIpc) is 2.81. The lowest BCUT2D eigenvalue weighted by atomic mass is 9.83. The van der Waals surface area contributed by atoms with Crippen molar-refractivity contribution in [2.75, 3.05) is 11.9 Å². The molecule has 154 valence electrons. The third-order valence-corrected chi connectivity index (χ3v) is 4.91. The van der Waals surface area contributed by atoms with Gasteiger partial charge in [-0.2, -0.15) is 0 Å². The number of aliphatic hydroxyl groups is 1. The van der Waals surface area contributed by atoms with Crippen LogP contribution in [-0.4, -0.2) is 35.2 Å². The lowest BCUT2D eigenvalue weighted by Crippen LogP contribution is -2.27. The normalized spacial score (nSPS) is 13.1. The number of anilines is 1. The first-order valence-electron chi connectivity index (χ1n) is 9.48. The lowest BCUT2D eigenvalue weighted by Gasteiger charge is -2.20. The molecule has 2 N–H and O–H groups in total. The summed E-state index contributed by atoms with van der Waals surface area (Å²) >= 11 is 0. The standard InChI is InChI=1S/C24H17NO6/c26-19(13-31-24(30)21(27)14-7-2-1-3-8-14)25-18-12-6-11-17-20(18)23(29)16-10-5-4-9-15(16)22(17)28/h1-12,21,27H,13H2,(H,25,26)/t21-/m1/s1. The Bertz CT molecular complexity index is 1200. The van der Waals surface area contributed by atoms with Crippen molar-refractivity contribution < 1.29 is 29.0 Å². The molecule has 3 aromatic rings. The van der Waals surface area contributed by atoms with E-state index in [2.05, 4.69) is 5.32 Å². The van der Waals surface area contributed by atoms with Crippen molar-refractivity contribution in [3.8, 4) is 0 Å². The van der Waals surface area contributed by atoms with Gasteiger partial charge in [0.15, 0.2) is 24.3 Å². The first kappa shape index (κ1) is 20.2. The minimum absolute atomic E-state index is 0.0928. The van der Waals surface area contributed by atoms with Gasteiger partial charge < -0.3 is 15.2 Å². The fourth-order valence-electron chi connectivity index (χ4n) is 3.42. The lowest BCUT2D eigenvalue weighted by molar-refractivity contribution is -0.156. The predicted octanol–water partition coefficient (Wildman–Crippen LogP) is 2.68. The first-order valence-corrected chi connectivity index (χ1v) is 9.48. The van der Waals surface area contributed by atoms with Crippen molar-refractivity contribution >= 4 is 29.1 Å². The molecule has 0 aromatic heterocycles. The minimum atomic E-state index is -1.52. The fraction of sp³-hybridized carbons (Fsp3) is 0.0833. The molecular formula is C24H17NO6. The van der Waals surface area contributed by atoms with E-state index in [9.17, 15) is 24.3 Å². The van der Waals surface area contributed by atoms with Crippen LogP contribution in [0.5, 0.6) is 0 Å². The third kappa shape index (κ3) is 3.86. The molecule has 0 spiro atoms. The number of carbonyl (C=O) groups is 4. The minimum Gasteiger partial charge on any atom is -0.453 e. The quantitative estimate of drug-likeness (QED) is 0.485. The van der Waals surface area contributed by atoms with E-state index in [4.69, 9.17) is 4.74 Å². The van der Waals surface area contributed by atoms with Gasteiger partial charge in [0.1, 0.15) is 0 Å². The van der Waals surface area contributed by atoms with E-state index >= 15 is 0 Å². The number of ether oxygens (including phenoxy) is 1. The molecule has 1 amide bonds. The van der Waals surface area contributed by atoms with Crippen LogP contribution in [0.15, 0.2) is 72.8 Å². The summed E-state index contributed by atoms with van der Waals surface area (Å²) in [5, 5.41) is 12.5. The zero-order chi connectivity index (χ0) is 22.0. The number of amides is 1. The highest BCUT2D eigenvalue weighted by molar-refractivity contribution is 6.30. The van der Waals surface area contributed by atoms with E-state index in [1.165, 1.54) is 12.1 Å². The molecule has 0 heterocycles. The Kier molecular flexibility index (Phi) is 5.43. The van der Waals surface area contributed by atoms with Gasteiger partial charge in [-0.25, -0.2) is 4.79 Å². The molecule has 7 nitrogen and oxygen atoms in total. The van der Waals surface area contributed by atoms with Crippen LogP contribution in [0.25, 0.3) is 0 Å². The number of rotatable bonds is 5. The van der Waals surface area contributed by atoms with Crippen LogP contribution in [0.2, 0.25) is 0 Å². The predicted molar refractivity (Wildman–Crippen MR) is 111 cm³/mol. The number of carbonyl (C=O) groups excluding carboxylic acids is 4. The van der Waals surface area contributed by atoms with Crippen molar-refractivity contribution in [3.63, 3.8) is 0 Å². The topological polar surface area (TPSA) is 110 Å². The summed E-state index contributed by atoms with van der Waals surface area (Å²) < 4.78 is 4.89. The van der Waals surface area contributed by atoms with E-state index in [1.807, 2.05) is 0 Å². The maximum absolute atomic E-state index is 12.9.